The number of nitrogens with one attached hydrogen (secondary N) is 3. The zero-order valence-corrected chi connectivity index (χ0v) is 9.92. The van der Waals surface area contributed by atoms with E-state index in [-0.39, 0.29) is 35.9 Å². The van der Waals surface area contributed by atoms with Crippen molar-refractivity contribution >= 4 is 23.4 Å². The molecule has 1 saturated carbocycles. The number of hydrogen-bond acceptors (Lipinski definition) is 8. The average molecular weight is 267 g/mol. The number of carbonyl (C=O) groups excluding carboxylic acids is 1. The number of carbonyl (C=O) groups is 1. The van der Waals surface area contributed by atoms with Crippen LogP contribution in [0.5, 0.6) is 0 Å². The number of amides is 1. The molecule has 0 spiro atoms. The molecule has 0 aliphatic heterocycles. The number of rotatable bonds is 6. The molecule has 1 heterocycles. The van der Waals surface area contributed by atoms with Gasteiger partial charge in [-0.1, -0.05) is 0 Å². The molecule has 1 aromatic heterocycles. The molecule has 1 fully saturated rings. The van der Waals surface area contributed by atoms with Gasteiger partial charge in [-0.25, -0.2) is 10.8 Å². The second-order valence-electron chi connectivity index (χ2n) is 4.02. The lowest BCUT2D eigenvalue weighted by Gasteiger charge is -2.07. The van der Waals surface area contributed by atoms with Gasteiger partial charge in [-0.2, -0.15) is 4.98 Å². The molecule has 1 aromatic rings. The van der Waals surface area contributed by atoms with Crippen molar-refractivity contribution in [2.45, 2.75) is 18.9 Å². The van der Waals surface area contributed by atoms with Crippen LogP contribution in [0.1, 0.15) is 12.8 Å². The fraction of sp³-hybridized carbons (Fsp3) is 0.444. The summed E-state index contributed by atoms with van der Waals surface area (Å²) in [4.78, 5) is 29.1. The Morgan fingerprint density at radius 3 is 2.89 bits per heavy atom. The minimum Gasteiger partial charge on any atom is -0.355 e. The number of nitrogen functional groups attached to an aromatic ring is 1. The monoisotopic (exact) mass is 267 g/mol. The van der Waals surface area contributed by atoms with Gasteiger partial charge in [0.2, 0.25) is 17.7 Å². The molecule has 0 saturated heterocycles. The van der Waals surface area contributed by atoms with Crippen LogP contribution in [0.25, 0.3) is 0 Å². The Hall–Kier alpha value is -2.49. The minimum atomic E-state index is -0.637. The molecule has 1 amide bonds. The summed E-state index contributed by atoms with van der Waals surface area (Å²) < 4.78 is 0. The van der Waals surface area contributed by atoms with Gasteiger partial charge in [0, 0.05) is 6.04 Å². The van der Waals surface area contributed by atoms with Crippen LogP contribution in [0.3, 0.4) is 0 Å². The highest BCUT2D eigenvalue weighted by atomic mass is 16.6. The smallest absolute Gasteiger partial charge is 0.329 e. The average Bonchev–Trinajstić information content (AvgIpc) is 3.19. The highest BCUT2D eigenvalue weighted by molar-refractivity contribution is 5.81. The largest absolute Gasteiger partial charge is 0.355 e. The fourth-order valence-electron chi connectivity index (χ4n) is 1.38. The Kier molecular flexibility index (Phi) is 3.71. The van der Waals surface area contributed by atoms with E-state index < -0.39 is 4.92 Å². The van der Waals surface area contributed by atoms with E-state index in [2.05, 4.69) is 26.0 Å². The zero-order chi connectivity index (χ0) is 13.8. The minimum absolute atomic E-state index is 0.0238. The number of aromatic nitrogens is 2. The number of nitrogens with two attached hydrogens (primary N) is 1. The van der Waals surface area contributed by atoms with Crippen molar-refractivity contribution in [3.8, 4) is 0 Å². The third kappa shape index (κ3) is 3.48. The molecule has 0 radical (unpaired) electrons. The Balaban J connectivity index is 2.03. The van der Waals surface area contributed by atoms with E-state index in [9.17, 15) is 14.9 Å². The van der Waals surface area contributed by atoms with Crippen LogP contribution in [0.15, 0.2) is 6.20 Å². The molecule has 5 N–H and O–H groups in total. The van der Waals surface area contributed by atoms with E-state index in [4.69, 9.17) is 5.84 Å². The van der Waals surface area contributed by atoms with Crippen molar-refractivity contribution in [2.24, 2.45) is 5.84 Å². The van der Waals surface area contributed by atoms with E-state index in [1.807, 2.05) is 0 Å². The van der Waals surface area contributed by atoms with Crippen molar-refractivity contribution in [1.82, 2.24) is 15.3 Å². The van der Waals surface area contributed by atoms with Gasteiger partial charge in [0.1, 0.15) is 6.20 Å². The van der Waals surface area contributed by atoms with E-state index in [0.717, 1.165) is 19.0 Å². The second kappa shape index (κ2) is 5.44. The molecular formula is C9H13N7O3. The standard InChI is InChI=1S/C9H13N7O3/c10-15-9-12-3-6(16(18)19)8(14-9)11-4-7(17)13-5-1-2-5/h3,5H,1-2,4,10H2,(H,13,17)(H2,11,12,14,15). The Bertz CT molecular complexity index is 503. The summed E-state index contributed by atoms with van der Waals surface area (Å²) in [6.07, 6.45) is 2.96. The predicted octanol–water partition coefficient (Wildman–Crippen LogP) is -0.639. The van der Waals surface area contributed by atoms with Gasteiger partial charge in [-0.05, 0) is 12.8 Å². The maximum Gasteiger partial charge on any atom is 0.329 e. The van der Waals surface area contributed by atoms with Crippen LogP contribution in [0.4, 0.5) is 17.5 Å². The molecule has 1 aliphatic rings. The summed E-state index contributed by atoms with van der Waals surface area (Å²) in [5.74, 6) is 4.85. The van der Waals surface area contributed by atoms with Crippen molar-refractivity contribution in [3.05, 3.63) is 16.3 Å². The van der Waals surface area contributed by atoms with Gasteiger partial charge in [-0.15, -0.1) is 0 Å². The van der Waals surface area contributed by atoms with Crippen LogP contribution in [0.2, 0.25) is 0 Å². The molecule has 102 valence electrons. The number of hydrogen-bond donors (Lipinski definition) is 4. The highest BCUT2D eigenvalue weighted by Crippen LogP contribution is 2.21. The normalized spacial score (nSPS) is 13.7. The van der Waals surface area contributed by atoms with Crippen LogP contribution >= 0.6 is 0 Å². The Morgan fingerprint density at radius 1 is 1.58 bits per heavy atom. The van der Waals surface area contributed by atoms with Gasteiger partial charge in [-0.3, -0.25) is 20.3 Å². The first kappa shape index (κ1) is 13.0. The lowest BCUT2D eigenvalue weighted by molar-refractivity contribution is -0.384. The molecular weight excluding hydrogens is 254 g/mol. The number of hydrazine groups is 1. The summed E-state index contributed by atoms with van der Waals surface area (Å²) in [7, 11) is 0. The zero-order valence-electron chi connectivity index (χ0n) is 9.92. The predicted molar refractivity (Wildman–Crippen MR) is 66.2 cm³/mol. The van der Waals surface area contributed by atoms with Crippen LogP contribution in [0, 0.1) is 10.1 Å². The number of anilines is 2. The Labute approximate surface area is 107 Å². The molecule has 10 nitrogen and oxygen atoms in total. The molecule has 0 unspecified atom stereocenters. The molecule has 0 aromatic carbocycles. The lowest BCUT2D eigenvalue weighted by Crippen LogP contribution is -2.31. The van der Waals surface area contributed by atoms with E-state index >= 15 is 0 Å². The van der Waals surface area contributed by atoms with Crippen LogP contribution < -0.4 is 21.9 Å². The van der Waals surface area contributed by atoms with E-state index in [0.29, 0.717) is 0 Å². The van der Waals surface area contributed by atoms with Gasteiger partial charge in [0.05, 0.1) is 11.5 Å². The van der Waals surface area contributed by atoms with Crippen LogP contribution in [-0.4, -0.2) is 33.4 Å². The molecule has 1 aliphatic carbocycles. The quantitative estimate of drug-likeness (QED) is 0.302. The number of nitrogens with zero attached hydrogens (tertiary/aromatic N) is 3. The van der Waals surface area contributed by atoms with Gasteiger partial charge >= 0.3 is 5.69 Å². The van der Waals surface area contributed by atoms with E-state index in [1.54, 1.807) is 0 Å². The molecule has 19 heavy (non-hydrogen) atoms. The molecule has 0 bridgehead atoms. The topological polar surface area (TPSA) is 148 Å². The second-order valence-corrected chi connectivity index (χ2v) is 4.02. The van der Waals surface area contributed by atoms with Crippen LogP contribution in [-0.2, 0) is 4.79 Å². The lowest BCUT2D eigenvalue weighted by atomic mass is 10.4. The first-order chi connectivity index (χ1) is 9.10. The van der Waals surface area contributed by atoms with Gasteiger partial charge in [0.15, 0.2) is 0 Å². The molecule has 2 rings (SSSR count). The van der Waals surface area contributed by atoms with Crippen molar-refractivity contribution in [1.29, 1.82) is 0 Å². The van der Waals surface area contributed by atoms with E-state index in [1.165, 1.54) is 0 Å². The first-order valence-corrected chi connectivity index (χ1v) is 5.61. The molecule has 10 heteroatoms. The van der Waals surface area contributed by atoms with Crippen molar-refractivity contribution in [3.63, 3.8) is 0 Å². The molecule has 0 atom stereocenters. The summed E-state index contributed by atoms with van der Waals surface area (Å²) in [5, 5.41) is 16.1. The SMILES string of the molecule is NNc1ncc([N+](=O)[O-])c(NCC(=O)NC2CC2)n1. The Morgan fingerprint density at radius 2 is 2.32 bits per heavy atom. The summed E-state index contributed by atoms with van der Waals surface area (Å²) in [6, 6.07) is 0.232. The highest BCUT2D eigenvalue weighted by Gasteiger charge is 2.24. The van der Waals surface area contributed by atoms with Crippen molar-refractivity contribution in [2.75, 3.05) is 17.3 Å². The third-order valence-electron chi connectivity index (χ3n) is 2.45. The first-order valence-electron chi connectivity index (χ1n) is 5.61. The van der Waals surface area contributed by atoms with Gasteiger partial charge in [0.25, 0.3) is 0 Å². The maximum absolute atomic E-state index is 11.5. The third-order valence-corrected chi connectivity index (χ3v) is 2.45. The summed E-state index contributed by atoms with van der Waals surface area (Å²) in [5.41, 5.74) is 1.86. The summed E-state index contributed by atoms with van der Waals surface area (Å²) >= 11 is 0. The number of nitro groups is 1. The summed E-state index contributed by atoms with van der Waals surface area (Å²) in [6.45, 7) is -0.0988. The van der Waals surface area contributed by atoms with Crippen molar-refractivity contribution < 1.29 is 9.72 Å². The maximum atomic E-state index is 11.5. The fourth-order valence-corrected chi connectivity index (χ4v) is 1.38. The van der Waals surface area contributed by atoms with Gasteiger partial charge < -0.3 is 10.6 Å².